The average molecular weight is 538 g/mol. The highest BCUT2D eigenvalue weighted by atomic mass is 32.1. The lowest BCUT2D eigenvalue weighted by Gasteiger charge is -2.35. The zero-order valence-electron chi connectivity index (χ0n) is 23.4. The molecule has 8 nitrogen and oxygen atoms in total. The largest absolute Gasteiger partial charge is 0.508 e. The molecule has 0 aliphatic carbocycles. The molecule has 210 valence electrons. The molecular formula is C28H47N3O5S. The van der Waals surface area contributed by atoms with Gasteiger partial charge in [-0.15, -0.1) is 0 Å². The summed E-state index contributed by atoms with van der Waals surface area (Å²) in [6, 6.07) is 4.33. The second kappa shape index (κ2) is 16.4. The number of rotatable bonds is 15. The van der Waals surface area contributed by atoms with Crippen LogP contribution in [0.5, 0.6) is 5.75 Å². The third-order valence-electron chi connectivity index (χ3n) is 5.84. The topological polar surface area (TPSA) is 108 Å². The van der Waals surface area contributed by atoms with Gasteiger partial charge in [0.15, 0.2) is 0 Å². The summed E-state index contributed by atoms with van der Waals surface area (Å²) < 4.78 is 5.35. The van der Waals surface area contributed by atoms with Crippen LogP contribution >= 0.6 is 12.6 Å². The number of benzene rings is 1. The Labute approximate surface area is 228 Å². The third-order valence-corrected chi connectivity index (χ3v) is 6.20. The summed E-state index contributed by atoms with van der Waals surface area (Å²) in [4.78, 5) is 41.5. The van der Waals surface area contributed by atoms with Crippen LogP contribution in [0.2, 0.25) is 0 Å². The Morgan fingerprint density at radius 2 is 1.62 bits per heavy atom. The molecule has 3 N–H and O–H groups in total. The van der Waals surface area contributed by atoms with E-state index in [0.717, 1.165) is 38.5 Å². The number of amides is 3. The number of ether oxygens (including phenoxy) is 1. The van der Waals surface area contributed by atoms with Gasteiger partial charge in [0, 0.05) is 18.3 Å². The molecule has 0 saturated carbocycles. The number of carbonyl (C=O) groups is 3. The van der Waals surface area contributed by atoms with E-state index in [0.29, 0.717) is 18.5 Å². The summed E-state index contributed by atoms with van der Waals surface area (Å²) in [5.74, 6) is -0.600. The van der Waals surface area contributed by atoms with Gasteiger partial charge in [-0.2, -0.15) is 12.6 Å². The van der Waals surface area contributed by atoms with Crippen molar-refractivity contribution < 1.29 is 24.2 Å². The average Bonchev–Trinajstić information content (AvgIpc) is 2.81. The number of hydrogen-bond donors (Lipinski definition) is 4. The minimum absolute atomic E-state index is 0.0422. The summed E-state index contributed by atoms with van der Waals surface area (Å²) >= 11 is 4.33. The van der Waals surface area contributed by atoms with Crippen molar-refractivity contribution in [2.24, 2.45) is 0 Å². The van der Waals surface area contributed by atoms with Crippen molar-refractivity contribution in [2.45, 2.75) is 110 Å². The van der Waals surface area contributed by atoms with Gasteiger partial charge >= 0.3 is 6.09 Å². The van der Waals surface area contributed by atoms with Gasteiger partial charge in [-0.05, 0) is 58.2 Å². The SMILES string of the molecule is CCCCCCCN(C(=O)C(CS)NC(=O)OC(C)(C)C)C(C(=O)NC(C)CCC)c1ccc(O)cc1. The van der Waals surface area contributed by atoms with Crippen LogP contribution in [0.4, 0.5) is 4.79 Å². The van der Waals surface area contributed by atoms with Crippen molar-refractivity contribution in [3.63, 3.8) is 0 Å². The normalized spacial score (nSPS) is 13.8. The van der Waals surface area contributed by atoms with E-state index in [9.17, 15) is 19.5 Å². The molecule has 0 aliphatic rings. The van der Waals surface area contributed by atoms with E-state index in [1.807, 2.05) is 13.8 Å². The summed E-state index contributed by atoms with van der Waals surface area (Å²) in [6.07, 6.45) is 5.86. The fourth-order valence-corrected chi connectivity index (χ4v) is 4.29. The van der Waals surface area contributed by atoms with Crippen molar-refractivity contribution in [1.82, 2.24) is 15.5 Å². The molecule has 1 rings (SSSR count). The molecule has 9 heteroatoms. The number of phenolic OH excluding ortho intramolecular Hbond substituents is 1. The number of nitrogens with one attached hydrogen (secondary N) is 2. The van der Waals surface area contributed by atoms with Gasteiger partial charge in [-0.25, -0.2) is 4.79 Å². The van der Waals surface area contributed by atoms with Gasteiger partial charge in [0.25, 0.3) is 0 Å². The molecule has 0 aliphatic heterocycles. The first-order chi connectivity index (χ1) is 17.4. The fraction of sp³-hybridized carbons (Fsp3) is 0.679. The van der Waals surface area contributed by atoms with E-state index in [1.54, 1.807) is 32.9 Å². The molecule has 0 fully saturated rings. The molecule has 3 amide bonds. The first-order valence-corrected chi connectivity index (χ1v) is 14.1. The number of thiol groups is 1. The van der Waals surface area contributed by atoms with E-state index < -0.39 is 29.7 Å². The van der Waals surface area contributed by atoms with Crippen LogP contribution in [0.25, 0.3) is 0 Å². The van der Waals surface area contributed by atoms with E-state index in [4.69, 9.17) is 4.74 Å². The van der Waals surface area contributed by atoms with Crippen LogP contribution < -0.4 is 10.6 Å². The van der Waals surface area contributed by atoms with Crippen LogP contribution in [0.3, 0.4) is 0 Å². The highest BCUT2D eigenvalue weighted by Gasteiger charge is 2.36. The van der Waals surface area contributed by atoms with E-state index >= 15 is 0 Å². The molecular weight excluding hydrogens is 490 g/mol. The number of aromatic hydroxyl groups is 1. The van der Waals surface area contributed by atoms with Gasteiger partial charge in [-0.3, -0.25) is 9.59 Å². The van der Waals surface area contributed by atoms with Crippen molar-refractivity contribution in [1.29, 1.82) is 0 Å². The van der Waals surface area contributed by atoms with Crippen LogP contribution in [-0.2, 0) is 14.3 Å². The fourth-order valence-electron chi connectivity index (χ4n) is 4.04. The van der Waals surface area contributed by atoms with Crippen molar-refractivity contribution in [3.05, 3.63) is 29.8 Å². The predicted molar refractivity (Wildman–Crippen MR) is 151 cm³/mol. The first-order valence-electron chi connectivity index (χ1n) is 13.4. The lowest BCUT2D eigenvalue weighted by molar-refractivity contribution is -0.142. The zero-order chi connectivity index (χ0) is 28.0. The Morgan fingerprint density at radius 1 is 1.00 bits per heavy atom. The lowest BCUT2D eigenvalue weighted by Crippen LogP contribution is -2.54. The third kappa shape index (κ3) is 12.1. The molecule has 1 aromatic carbocycles. The minimum Gasteiger partial charge on any atom is -0.508 e. The second-order valence-corrected chi connectivity index (χ2v) is 10.9. The van der Waals surface area contributed by atoms with E-state index in [-0.39, 0.29) is 23.5 Å². The number of nitrogens with zero attached hydrogens (tertiary/aromatic N) is 1. The maximum atomic E-state index is 13.9. The summed E-state index contributed by atoms with van der Waals surface area (Å²) in [5.41, 5.74) is -0.145. The van der Waals surface area contributed by atoms with Crippen molar-refractivity contribution in [2.75, 3.05) is 12.3 Å². The lowest BCUT2D eigenvalue weighted by atomic mass is 10.0. The molecule has 0 spiro atoms. The number of unbranched alkanes of at least 4 members (excludes halogenated alkanes) is 4. The highest BCUT2D eigenvalue weighted by Crippen LogP contribution is 2.26. The first kappa shape index (κ1) is 32.6. The molecule has 0 bridgehead atoms. The van der Waals surface area contributed by atoms with Crippen molar-refractivity contribution in [3.8, 4) is 5.75 Å². The van der Waals surface area contributed by atoms with Crippen molar-refractivity contribution >= 4 is 30.5 Å². The second-order valence-electron chi connectivity index (χ2n) is 10.5. The number of alkyl carbamates (subject to hydrolysis) is 1. The van der Waals surface area contributed by atoms with Gasteiger partial charge in [-0.1, -0.05) is 58.1 Å². The Balaban J connectivity index is 3.35. The van der Waals surface area contributed by atoms with E-state index in [2.05, 4.69) is 30.2 Å². The van der Waals surface area contributed by atoms with Crippen LogP contribution in [0.1, 0.15) is 98.1 Å². The quantitative estimate of drug-likeness (QED) is 0.178. The molecule has 0 heterocycles. The van der Waals surface area contributed by atoms with Crippen LogP contribution in [0, 0.1) is 0 Å². The number of phenols is 1. The Bertz CT molecular complexity index is 841. The smallest absolute Gasteiger partial charge is 0.408 e. The maximum absolute atomic E-state index is 13.9. The maximum Gasteiger partial charge on any atom is 0.408 e. The molecule has 3 atom stereocenters. The summed E-state index contributed by atoms with van der Waals surface area (Å²) in [5, 5.41) is 15.5. The molecule has 37 heavy (non-hydrogen) atoms. The Hall–Kier alpha value is -2.42. The molecule has 1 aromatic rings. The van der Waals surface area contributed by atoms with Gasteiger partial charge in [0.1, 0.15) is 23.4 Å². The Kier molecular flexibility index (Phi) is 14.5. The molecule has 0 radical (unpaired) electrons. The highest BCUT2D eigenvalue weighted by molar-refractivity contribution is 7.80. The summed E-state index contributed by atoms with van der Waals surface area (Å²) in [7, 11) is 0. The van der Waals surface area contributed by atoms with Gasteiger partial charge < -0.3 is 25.4 Å². The minimum atomic E-state index is -0.977. The molecule has 0 aromatic heterocycles. The summed E-state index contributed by atoms with van der Waals surface area (Å²) in [6.45, 7) is 11.7. The standard InChI is InChI=1S/C28H47N3O5S/c1-7-9-10-11-12-18-31(26(34)23(19-37)30-27(35)36-28(4,5)6)24(21-14-16-22(32)17-15-21)25(33)29-20(3)13-8-2/h14-17,20,23-24,32,37H,7-13,18-19H2,1-6H3,(H,29,33)(H,30,35). The van der Waals surface area contributed by atoms with Gasteiger partial charge in [0.2, 0.25) is 11.8 Å². The van der Waals surface area contributed by atoms with Gasteiger partial charge in [0.05, 0.1) is 0 Å². The Morgan fingerprint density at radius 3 is 2.16 bits per heavy atom. The van der Waals surface area contributed by atoms with E-state index in [1.165, 1.54) is 17.0 Å². The predicted octanol–water partition coefficient (Wildman–Crippen LogP) is 5.36. The number of hydrogen-bond acceptors (Lipinski definition) is 6. The zero-order valence-corrected chi connectivity index (χ0v) is 24.3. The van der Waals surface area contributed by atoms with Crippen LogP contribution in [-0.4, -0.2) is 57.9 Å². The van der Waals surface area contributed by atoms with Crippen LogP contribution in [0.15, 0.2) is 24.3 Å². The number of carbonyl (C=O) groups excluding carboxylic acids is 3. The molecule has 3 unspecified atom stereocenters. The molecule has 0 saturated heterocycles. The monoisotopic (exact) mass is 537 g/mol.